The highest BCUT2D eigenvalue weighted by Crippen LogP contribution is 2.26. The van der Waals surface area contributed by atoms with Crippen LogP contribution in [0, 0.1) is 12.8 Å². The molecule has 1 aliphatic rings. The summed E-state index contributed by atoms with van der Waals surface area (Å²) >= 11 is 6.12. The maximum atomic E-state index is 6.12. The third kappa shape index (κ3) is 3.64. The minimum atomic E-state index is 0.843. The van der Waals surface area contributed by atoms with Crippen LogP contribution in [0.4, 0.5) is 5.69 Å². The number of rotatable bonds is 3. The van der Waals surface area contributed by atoms with E-state index in [0.29, 0.717) is 0 Å². The van der Waals surface area contributed by atoms with Crippen molar-refractivity contribution in [3.8, 4) is 0 Å². The van der Waals surface area contributed by atoms with Gasteiger partial charge in [0, 0.05) is 17.3 Å². The van der Waals surface area contributed by atoms with Gasteiger partial charge in [0.15, 0.2) is 0 Å². The number of benzene rings is 1. The Morgan fingerprint density at radius 3 is 2.59 bits per heavy atom. The van der Waals surface area contributed by atoms with Crippen molar-refractivity contribution in [1.29, 1.82) is 0 Å². The summed E-state index contributed by atoms with van der Waals surface area (Å²) in [6.07, 6.45) is 8.42. The fourth-order valence-electron chi connectivity index (χ4n) is 2.62. The van der Waals surface area contributed by atoms with Crippen molar-refractivity contribution in [2.24, 2.45) is 5.92 Å². The van der Waals surface area contributed by atoms with E-state index in [-0.39, 0.29) is 0 Å². The highest BCUT2D eigenvalue weighted by atomic mass is 35.5. The summed E-state index contributed by atoms with van der Waals surface area (Å²) in [7, 11) is 0. The van der Waals surface area contributed by atoms with Gasteiger partial charge in [-0.2, -0.15) is 0 Å². The Labute approximate surface area is 110 Å². The monoisotopic (exact) mass is 251 g/mol. The van der Waals surface area contributed by atoms with E-state index in [0.717, 1.165) is 17.5 Å². The zero-order valence-electron chi connectivity index (χ0n) is 10.6. The smallest absolute Gasteiger partial charge is 0.0455 e. The highest BCUT2D eigenvalue weighted by Gasteiger charge is 2.12. The molecule has 0 saturated heterocycles. The Morgan fingerprint density at radius 2 is 1.88 bits per heavy atom. The molecule has 1 aliphatic carbocycles. The second kappa shape index (κ2) is 6.30. The lowest BCUT2D eigenvalue weighted by Gasteiger charge is -2.17. The Balaban J connectivity index is 1.90. The molecule has 2 heteroatoms. The van der Waals surface area contributed by atoms with Gasteiger partial charge in [0.05, 0.1) is 0 Å². The molecular formula is C15H22ClN. The molecule has 0 amide bonds. The molecule has 0 atom stereocenters. The fourth-order valence-corrected chi connectivity index (χ4v) is 2.80. The van der Waals surface area contributed by atoms with Gasteiger partial charge in [-0.25, -0.2) is 0 Å². The van der Waals surface area contributed by atoms with Gasteiger partial charge in [-0.05, 0) is 43.4 Å². The number of anilines is 1. The van der Waals surface area contributed by atoms with Gasteiger partial charge in [-0.15, -0.1) is 0 Å². The van der Waals surface area contributed by atoms with Crippen LogP contribution in [0.15, 0.2) is 18.2 Å². The number of halogens is 1. The molecule has 17 heavy (non-hydrogen) atoms. The lowest BCUT2D eigenvalue weighted by molar-refractivity contribution is 0.483. The minimum absolute atomic E-state index is 0.843. The molecule has 0 aliphatic heterocycles. The number of hydrogen-bond acceptors (Lipinski definition) is 1. The Bertz CT molecular complexity index is 354. The summed E-state index contributed by atoms with van der Waals surface area (Å²) in [6, 6.07) is 6.09. The van der Waals surface area contributed by atoms with Crippen LogP contribution in [0.25, 0.3) is 0 Å². The maximum Gasteiger partial charge on any atom is 0.0455 e. The van der Waals surface area contributed by atoms with E-state index in [4.69, 9.17) is 11.6 Å². The van der Waals surface area contributed by atoms with Crippen molar-refractivity contribution in [3.05, 3.63) is 28.8 Å². The first kappa shape index (κ1) is 12.8. The molecule has 1 aromatic carbocycles. The van der Waals surface area contributed by atoms with Crippen LogP contribution in [0.1, 0.15) is 44.1 Å². The molecule has 94 valence electrons. The van der Waals surface area contributed by atoms with Crippen LogP contribution in [0.5, 0.6) is 0 Å². The van der Waals surface area contributed by atoms with Crippen LogP contribution >= 0.6 is 11.6 Å². The first-order valence-corrected chi connectivity index (χ1v) is 7.14. The van der Waals surface area contributed by atoms with E-state index < -0.39 is 0 Å². The van der Waals surface area contributed by atoms with Crippen molar-refractivity contribution in [3.63, 3.8) is 0 Å². The molecule has 1 fully saturated rings. The van der Waals surface area contributed by atoms with Gasteiger partial charge in [0.25, 0.3) is 0 Å². The third-order valence-electron chi connectivity index (χ3n) is 3.82. The molecule has 0 bridgehead atoms. The maximum absolute atomic E-state index is 6.12. The van der Waals surface area contributed by atoms with Crippen LogP contribution < -0.4 is 5.32 Å². The third-order valence-corrected chi connectivity index (χ3v) is 4.23. The lowest BCUT2D eigenvalue weighted by atomic mass is 10.0. The zero-order chi connectivity index (χ0) is 12.1. The van der Waals surface area contributed by atoms with E-state index in [9.17, 15) is 0 Å². The van der Waals surface area contributed by atoms with Gasteiger partial charge >= 0.3 is 0 Å². The second-order valence-corrected chi connectivity index (χ2v) is 5.56. The van der Waals surface area contributed by atoms with Crippen LogP contribution in [-0.4, -0.2) is 6.54 Å². The summed E-state index contributed by atoms with van der Waals surface area (Å²) in [5, 5.41) is 4.42. The molecule has 2 rings (SSSR count). The largest absolute Gasteiger partial charge is 0.385 e. The Morgan fingerprint density at radius 1 is 1.18 bits per heavy atom. The van der Waals surface area contributed by atoms with Crippen molar-refractivity contribution >= 4 is 17.3 Å². The van der Waals surface area contributed by atoms with Crippen LogP contribution in [0.3, 0.4) is 0 Å². The van der Waals surface area contributed by atoms with Crippen LogP contribution in [-0.2, 0) is 0 Å². The predicted octanol–water partition coefficient (Wildman–Crippen LogP) is 5.03. The molecule has 1 nitrogen and oxygen atoms in total. The summed E-state index contributed by atoms with van der Waals surface area (Å²) in [5.74, 6) is 0.843. The van der Waals surface area contributed by atoms with Gasteiger partial charge < -0.3 is 5.32 Å². The normalized spacial score (nSPS) is 17.8. The van der Waals surface area contributed by atoms with Crippen molar-refractivity contribution in [2.75, 3.05) is 11.9 Å². The first-order valence-electron chi connectivity index (χ1n) is 6.76. The van der Waals surface area contributed by atoms with E-state index in [2.05, 4.69) is 18.3 Å². The van der Waals surface area contributed by atoms with Gasteiger partial charge in [-0.3, -0.25) is 0 Å². The van der Waals surface area contributed by atoms with Crippen molar-refractivity contribution < 1.29 is 0 Å². The summed E-state index contributed by atoms with van der Waals surface area (Å²) in [5.41, 5.74) is 2.37. The molecule has 1 aromatic rings. The molecule has 1 saturated carbocycles. The number of nitrogens with one attached hydrogen (secondary N) is 1. The Hall–Kier alpha value is -0.690. The lowest BCUT2D eigenvalue weighted by Crippen LogP contribution is -2.14. The molecule has 0 unspecified atom stereocenters. The Kier molecular flexibility index (Phi) is 4.73. The zero-order valence-corrected chi connectivity index (χ0v) is 11.4. The van der Waals surface area contributed by atoms with E-state index in [1.54, 1.807) is 0 Å². The fraction of sp³-hybridized carbons (Fsp3) is 0.600. The molecule has 0 radical (unpaired) electrons. The van der Waals surface area contributed by atoms with Crippen LogP contribution in [0.2, 0.25) is 5.02 Å². The first-order chi connectivity index (χ1) is 8.27. The average molecular weight is 252 g/mol. The molecule has 0 spiro atoms. The highest BCUT2D eigenvalue weighted by molar-refractivity contribution is 6.31. The summed E-state index contributed by atoms with van der Waals surface area (Å²) in [4.78, 5) is 0. The van der Waals surface area contributed by atoms with E-state index in [1.165, 1.54) is 49.8 Å². The van der Waals surface area contributed by atoms with E-state index >= 15 is 0 Å². The van der Waals surface area contributed by atoms with Crippen molar-refractivity contribution in [2.45, 2.75) is 45.4 Å². The number of hydrogen-bond donors (Lipinski definition) is 1. The standard InChI is InChI=1S/C15H22ClN/c1-12-14(16)9-6-10-15(12)17-11-13-7-4-2-3-5-8-13/h6,9-10,13,17H,2-5,7-8,11H2,1H3. The molecule has 1 N–H and O–H groups in total. The predicted molar refractivity (Wildman–Crippen MR) is 75.9 cm³/mol. The molecular weight excluding hydrogens is 230 g/mol. The van der Waals surface area contributed by atoms with Gasteiger partial charge in [0.1, 0.15) is 0 Å². The SMILES string of the molecule is Cc1c(Cl)cccc1NCC1CCCCCC1. The topological polar surface area (TPSA) is 12.0 Å². The van der Waals surface area contributed by atoms with Gasteiger partial charge in [-0.1, -0.05) is 43.4 Å². The summed E-state index contributed by atoms with van der Waals surface area (Å²) in [6.45, 7) is 3.18. The molecule has 0 heterocycles. The average Bonchev–Trinajstić information content (AvgIpc) is 2.59. The summed E-state index contributed by atoms with van der Waals surface area (Å²) < 4.78 is 0. The molecule has 0 aromatic heterocycles. The minimum Gasteiger partial charge on any atom is -0.385 e. The van der Waals surface area contributed by atoms with E-state index in [1.807, 2.05) is 12.1 Å². The van der Waals surface area contributed by atoms with Crippen molar-refractivity contribution in [1.82, 2.24) is 0 Å². The van der Waals surface area contributed by atoms with Gasteiger partial charge in [0.2, 0.25) is 0 Å². The quantitative estimate of drug-likeness (QED) is 0.743. The second-order valence-electron chi connectivity index (χ2n) is 5.15.